The van der Waals surface area contributed by atoms with Gasteiger partial charge in [-0.15, -0.1) is 0 Å². The van der Waals surface area contributed by atoms with Crippen LogP contribution in [0.2, 0.25) is 10.0 Å². The van der Waals surface area contributed by atoms with E-state index in [0.29, 0.717) is 49.7 Å². The van der Waals surface area contributed by atoms with Crippen LogP contribution >= 0.6 is 23.2 Å². The topological polar surface area (TPSA) is 90.4 Å². The Bertz CT molecular complexity index is 1130. The maximum absolute atomic E-state index is 9.69. The van der Waals surface area contributed by atoms with Gasteiger partial charge in [0.2, 0.25) is 0 Å². The predicted octanol–water partition coefficient (Wildman–Crippen LogP) is 5.20. The van der Waals surface area contributed by atoms with E-state index in [9.17, 15) is 5.26 Å². The van der Waals surface area contributed by atoms with Crippen LogP contribution in [0.1, 0.15) is 5.56 Å². The number of nitrogens with two attached hydrogens (primary N) is 1. The predicted molar refractivity (Wildman–Crippen MR) is 114 cm³/mol. The first-order chi connectivity index (χ1) is 13.9. The van der Waals surface area contributed by atoms with Crippen LogP contribution < -0.4 is 19.9 Å². The molecule has 0 aliphatic rings. The quantitative estimate of drug-likeness (QED) is 0.598. The van der Waals surface area contributed by atoms with Crippen molar-refractivity contribution in [3.05, 3.63) is 52.0 Å². The van der Waals surface area contributed by atoms with Gasteiger partial charge in [-0.1, -0.05) is 23.2 Å². The zero-order valence-corrected chi connectivity index (χ0v) is 17.4. The summed E-state index contributed by atoms with van der Waals surface area (Å²) in [5.41, 5.74) is 8.57. The van der Waals surface area contributed by atoms with E-state index in [4.69, 9.17) is 43.1 Å². The van der Waals surface area contributed by atoms with Crippen LogP contribution in [0.25, 0.3) is 22.4 Å². The maximum Gasteiger partial charge on any atom is 0.164 e. The highest BCUT2D eigenvalue weighted by atomic mass is 35.5. The van der Waals surface area contributed by atoms with E-state index in [0.717, 1.165) is 0 Å². The molecule has 0 saturated carbocycles. The van der Waals surface area contributed by atoms with Crippen LogP contribution in [0.3, 0.4) is 0 Å². The number of aromatic nitrogens is 1. The molecule has 0 radical (unpaired) electrons. The molecule has 0 atom stereocenters. The Morgan fingerprint density at radius 3 is 2.10 bits per heavy atom. The van der Waals surface area contributed by atoms with Crippen LogP contribution in [0.5, 0.6) is 17.2 Å². The second kappa shape index (κ2) is 8.48. The summed E-state index contributed by atoms with van der Waals surface area (Å²) in [7, 11) is 4.58. The first-order valence-corrected chi connectivity index (χ1v) is 9.15. The number of benzene rings is 2. The summed E-state index contributed by atoms with van der Waals surface area (Å²) in [5.74, 6) is 1.53. The molecule has 2 aromatic carbocycles. The van der Waals surface area contributed by atoms with E-state index in [2.05, 4.69) is 11.1 Å². The minimum Gasteiger partial charge on any atom is -0.496 e. The van der Waals surface area contributed by atoms with E-state index < -0.39 is 0 Å². The fraction of sp³-hybridized carbons (Fsp3) is 0.143. The van der Waals surface area contributed by atoms with Crippen molar-refractivity contribution in [3.8, 4) is 45.7 Å². The third-order valence-corrected chi connectivity index (χ3v) is 4.91. The van der Waals surface area contributed by atoms with Crippen LogP contribution in [0.4, 0.5) is 5.82 Å². The zero-order valence-electron chi connectivity index (χ0n) is 15.9. The molecule has 0 unspecified atom stereocenters. The second-order valence-electron chi connectivity index (χ2n) is 5.96. The van der Waals surface area contributed by atoms with Gasteiger partial charge in [-0.2, -0.15) is 5.26 Å². The van der Waals surface area contributed by atoms with Crippen LogP contribution in [0.15, 0.2) is 36.4 Å². The molecule has 0 amide bonds. The van der Waals surface area contributed by atoms with Crippen LogP contribution in [-0.2, 0) is 0 Å². The molecule has 1 aromatic heterocycles. The van der Waals surface area contributed by atoms with Gasteiger partial charge in [-0.05, 0) is 30.3 Å². The highest BCUT2D eigenvalue weighted by molar-refractivity contribution is 6.36. The van der Waals surface area contributed by atoms with Gasteiger partial charge in [0.05, 0.1) is 32.0 Å². The third-order valence-electron chi connectivity index (χ3n) is 4.36. The van der Waals surface area contributed by atoms with E-state index in [1.807, 2.05) is 0 Å². The third kappa shape index (κ3) is 3.88. The Kier molecular flexibility index (Phi) is 6.02. The number of nitriles is 1. The normalized spacial score (nSPS) is 10.3. The Labute approximate surface area is 178 Å². The van der Waals surface area contributed by atoms with Crippen molar-refractivity contribution in [1.82, 2.24) is 4.98 Å². The number of hydrogen-bond donors (Lipinski definition) is 1. The lowest BCUT2D eigenvalue weighted by Gasteiger charge is -2.16. The number of hydrogen-bond acceptors (Lipinski definition) is 6. The fourth-order valence-corrected chi connectivity index (χ4v) is 3.47. The molecule has 8 heteroatoms. The van der Waals surface area contributed by atoms with Gasteiger partial charge in [0.15, 0.2) is 11.5 Å². The number of anilines is 1. The number of pyridine rings is 1. The van der Waals surface area contributed by atoms with Crippen molar-refractivity contribution >= 4 is 29.0 Å². The molecule has 0 aliphatic carbocycles. The van der Waals surface area contributed by atoms with Crippen LogP contribution in [-0.4, -0.2) is 26.3 Å². The maximum atomic E-state index is 9.69. The van der Waals surface area contributed by atoms with Gasteiger partial charge in [0.1, 0.15) is 23.2 Å². The fourth-order valence-electron chi connectivity index (χ4n) is 2.97. The second-order valence-corrected chi connectivity index (χ2v) is 6.80. The lowest BCUT2D eigenvalue weighted by atomic mass is 9.97. The molecule has 29 heavy (non-hydrogen) atoms. The minimum absolute atomic E-state index is 0.0721. The van der Waals surface area contributed by atoms with E-state index in [1.165, 1.54) is 21.3 Å². The minimum atomic E-state index is 0.0721. The Morgan fingerprint density at radius 1 is 0.862 bits per heavy atom. The number of nitrogens with zero attached hydrogens (tertiary/aromatic N) is 2. The first-order valence-electron chi connectivity index (χ1n) is 8.39. The average Bonchev–Trinajstić information content (AvgIpc) is 2.72. The van der Waals surface area contributed by atoms with Crippen LogP contribution in [0, 0.1) is 11.3 Å². The smallest absolute Gasteiger partial charge is 0.164 e. The van der Waals surface area contributed by atoms with Gasteiger partial charge < -0.3 is 19.9 Å². The molecule has 1 heterocycles. The molecular formula is C21H17Cl2N3O3. The number of ether oxygens (including phenoxy) is 3. The average molecular weight is 430 g/mol. The number of rotatable bonds is 5. The van der Waals surface area contributed by atoms with Gasteiger partial charge >= 0.3 is 0 Å². The summed E-state index contributed by atoms with van der Waals surface area (Å²) < 4.78 is 16.3. The van der Waals surface area contributed by atoms with Crippen molar-refractivity contribution in [2.24, 2.45) is 0 Å². The molecule has 0 bridgehead atoms. The zero-order chi connectivity index (χ0) is 21.1. The standard InChI is InChI=1S/C21H17Cl2N3O3/c1-27-18-9-20(29-3)19(28-2)8-14(18)13-7-17(26-21(25)15(13)10-24)12-5-4-11(22)6-16(12)23/h4-9H,1-3H3,(H2,25,26). The van der Waals surface area contributed by atoms with Crippen molar-refractivity contribution in [2.75, 3.05) is 27.1 Å². The van der Waals surface area contributed by atoms with Gasteiger partial charge in [0, 0.05) is 27.8 Å². The summed E-state index contributed by atoms with van der Waals surface area (Å²) in [4.78, 5) is 4.35. The van der Waals surface area contributed by atoms with Crippen molar-refractivity contribution in [1.29, 1.82) is 5.26 Å². The Balaban J connectivity index is 2.32. The molecular weight excluding hydrogens is 413 g/mol. The summed E-state index contributed by atoms with van der Waals surface area (Å²) in [5, 5.41) is 10.6. The monoisotopic (exact) mass is 429 g/mol. The van der Waals surface area contributed by atoms with Gasteiger partial charge in [-0.3, -0.25) is 0 Å². The molecule has 2 N–H and O–H groups in total. The van der Waals surface area contributed by atoms with E-state index in [-0.39, 0.29) is 11.4 Å². The molecule has 3 aromatic rings. The van der Waals surface area contributed by atoms with Gasteiger partial charge in [-0.25, -0.2) is 4.98 Å². The molecule has 0 saturated heterocycles. The Morgan fingerprint density at radius 2 is 1.52 bits per heavy atom. The largest absolute Gasteiger partial charge is 0.496 e. The lowest BCUT2D eigenvalue weighted by Crippen LogP contribution is -2.02. The SMILES string of the molecule is COc1cc(OC)c(-c2cc(-c3ccc(Cl)cc3Cl)nc(N)c2C#N)cc1OC. The number of nitrogen functional groups attached to an aromatic ring is 1. The van der Waals surface area contributed by atoms with E-state index in [1.54, 1.807) is 36.4 Å². The summed E-state index contributed by atoms with van der Waals surface area (Å²) in [6.45, 7) is 0. The van der Waals surface area contributed by atoms with E-state index >= 15 is 0 Å². The summed E-state index contributed by atoms with van der Waals surface area (Å²) >= 11 is 12.3. The molecule has 148 valence electrons. The molecule has 6 nitrogen and oxygen atoms in total. The summed E-state index contributed by atoms with van der Waals surface area (Å²) in [6.07, 6.45) is 0. The molecule has 0 aliphatic heterocycles. The number of halogens is 2. The van der Waals surface area contributed by atoms with Gasteiger partial charge in [0.25, 0.3) is 0 Å². The Hall–Kier alpha value is -3.14. The molecule has 0 fully saturated rings. The lowest BCUT2D eigenvalue weighted by molar-refractivity contribution is 0.349. The van der Waals surface area contributed by atoms with Crippen molar-refractivity contribution in [3.63, 3.8) is 0 Å². The van der Waals surface area contributed by atoms with Crippen molar-refractivity contribution < 1.29 is 14.2 Å². The van der Waals surface area contributed by atoms with Crippen molar-refractivity contribution in [2.45, 2.75) is 0 Å². The molecule has 0 spiro atoms. The highest BCUT2D eigenvalue weighted by Gasteiger charge is 2.20. The number of methoxy groups -OCH3 is 3. The highest BCUT2D eigenvalue weighted by Crippen LogP contribution is 2.43. The summed E-state index contributed by atoms with van der Waals surface area (Å²) in [6, 6.07) is 12.3. The molecule has 3 rings (SSSR count). The first kappa shape index (κ1) is 20.6.